The zero-order valence-corrected chi connectivity index (χ0v) is 12.9. The number of nitrogens with zero attached hydrogens (tertiary/aromatic N) is 1. The van der Waals surface area contributed by atoms with E-state index in [0.29, 0.717) is 5.56 Å². The summed E-state index contributed by atoms with van der Waals surface area (Å²) < 4.78 is 34.8. The number of hydrogen-bond acceptors (Lipinski definition) is 6. The number of fused-ring (bicyclic) bond motifs is 1. The van der Waals surface area contributed by atoms with Gasteiger partial charge in [-0.15, -0.1) is 0 Å². The number of likely N-dealkylation sites (tertiary alicyclic amines) is 1. The molecule has 9 heteroatoms. The molecule has 126 valence electrons. The van der Waals surface area contributed by atoms with E-state index in [0.717, 1.165) is 4.90 Å². The maximum Gasteiger partial charge on any atom is 0.407 e. The number of ether oxygens (including phenoxy) is 1. The highest BCUT2D eigenvalue weighted by Crippen LogP contribution is 2.34. The lowest BCUT2D eigenvalue weighted by atomic mass is 10.1. The molecule has 2 fully saturated rings. The van der Waals surface area contributed by atoms with Crippen molar-refractivity contribution in [1.82, 2.24) is 4.90 Å². The summed E-state index contributed by atoms with van der Waals surface area (Å²) in [5.74, 6) is -0.308. The summed E-state index contributed by atoms with van der Waals surface area (Å²) >= 11 is 0. The molecule has 3 rings (SSSR count). The zero-order valence-electron chi connectivity index (χ0n) is 12.1. The van der Waals surface area contributed by atoms with Gasteiger partial charge < -0.3 is 14.9 Å². The first kappa shape index (κ1) is 16.2. The maximum absolute atomic E-state index is 12.2. The number of carboxylic acid groups (broad SMARTS) is 1. The van der Waals surface area contributed by atoms with Crippen molar-refractivity contribution in [3.05, 3.63) is 35.9 Å². The van der Waals surface area contributed by atoms with Crippen LogP contribution in [0.4, 0.5) is 4.79 Å². The fourth-order valence-corrected chi connectivity index (χ4v) is 4.26. The van der Waals surface area contributed by atoms with Crippen molar-refractivity contribution in [2.24, 2.45) is 0 Å². The molecule has 0 saturated carbocycles. The van der Waals surface area contributed by atoms with Crippen LogP contribution in [0.3, 0.4) is 0 Å². The van der Waals surface area contributed by atoms with Gasteiger partial charge in [-0.1, -0.05) is 30.3 Å². The minimum Gasteiger partial charge on any atom is -0.465 e. The van der Waals surface area contributed by atoms with Crippen LogP contribution in [0.5, 0.6) is 0 Å². The molecule has 0 aromatic heterocycles. The third-order valence-corrected chi connectivity index (χ3v) is 5.21. The summed E-state index contributed by atoms with van der Waals surface area (Å²) in [5.41, 5.74) is 0.574. The van der Waals surface area contributed by atoms with Crippen LogP contribution in [0, 0.1) is 0 Å². The lowest BCUT2D eigenvalue weighted by molar-refractivity contribution is -0.110. The van der Waals surface area contributed by atoms with Gasteiger partial charge in [-0.2, -0.15) is 8.42 Å². The summed E-state index contributed by atoms with van der Waals surface area (Å²) in [6.07, 6.45) is -3.94. The first-order valence-electron chi connectivity index (χ1n) is 7.14. The predicted molar refractivity (Wildman–Crippen MR) is 78.0 cm³/mol. The molecule has 2 aliphatic heterocycles. The van der Waals surface area contributed by atoms with Crippen molar-refractivity contribution >= 4 is 16.2 Å². The van der Waals surface area contributed by atoms with Gasteiger partial charge in [-0.25, -0.2) is 4.79 Å². The maximum atomic E-state index is 12.2. The van der Waals surface area contributed by atoms with Crippen molar-refractivity contribution < 1.29 is 32.3 Å². The minimum atomic E-state index is -3.90. The van der Waals surface area contributed by atoms with E-state index in [9.17, 15) is 23.4 Å². The van der Waals surface area contributed by atoms with E-state index >= 15 is 0 Å². The fraction of sp³-hybridized carbons (Fsp3) is 0.500. The molecule has 0 bridgehead atoms. The van der Waals surface area contributed by atoms with Crippen molar-refractivity contribution in [1.29, 1.82) is 0 Å². The summed E-state index contributed by atoms with van der Waals surface area (Å²) in [6.45, 7) is -0.106. The van der Waals surface area contributed by atoms with Crippen LogP contribution in [0.2, 0.25) is 0 Å². The molecule has 2 N–H and O–H groups in total. The van der Waals surface area contributed by atoms with Crippen LogP contribution in [0.15, 0.2) is 30.3 Å². The molecular formula is C14H17NO7S. The van der Waals surface area contributed by atoms with Crippen LogP contribution in [-0.4, -0.2) is 60.7 Å². The Labute approximate surface area is 133 Å². The summed E-state index contributed by atoms with van der Waals surface area (Å²) in [7, 11) is -3.90. The van der Waals surface area contributed by atoms with Gasteiger partial charge in [0, 0.05) is 6.42 Å². The Kier molecular flexibility index (Phi) is 4.28. The zero-order chi connectivity index (χ0) is 16.6. The van der Waals surface area contributed by atoms with Crippen LogP contribution < -0.4 is 0 Å². The number of aliphatic hydroxyl groups is 1. The Morgan fingerprint density at radius 3 is 2.70 bits per heavy atom. The van der Waals surface area contributed by atoms with Gasteiger partial charge in [0.1, 0.15) is 18.0 Å². The lowest BCUT2D eigenvalue weighted by Crippen LogP contribution is -2.36. The molecule has 1 amide bonds. The molecule has 0 aliphatic carbocycles. The normalized spacial score (nSPS) is 30.4. The van der Waals surface area contributed by atoms with Gasteiger partial charge in [0.15, 0.2) is 6.29 Å². The van der Waals surface area contributed by atoms with E-state index in [2.05, 4.69) is 0 Å². The molecule has 2 saturated heterocycles. The number of aliphatic hydroxyl groups excluding tert-OH is 1. The summed E-state index contributed by atoms with van der Waals surface area (Å²) in [4.78, 5) is 12.3. The second-order valence-corrected chi connectivity index (χ2v) is 7.21. The third kappa shape index (κ3) is 3.47. The highest BCUT2D eigenvalue weighted by Gasteiger charge is 2.52. The quantitative estimate of drug-likeness (QED) is 0.759. The van der Waals surface area contributed by atoms with Gasteiger partial charge in [-0.05, 0) is 5.56 Å². The highest BCUT2D eigenvalue weighted by molar-refractivity contribution is 7.85. The van der Waals surface area contributed by atoms with Gasteiger partial charge >= 0.3 is 6.09 Å². The molecule has 0 spiro atoms. The average Bonchev–Trinajstić information content (AvgIpc) is 2.98. The average molecular weight is 343 g/mol. The van der Waals surface area contributed by atoms with E-state index in [1.54, 1.807) is 30.3 Å². The molecule has 4 unspecified atom stereocenters. The molecule has 2 heterocycles. The van der Waals surface area contributed by atoms with Gasteiger partial charge in [-0.3, -0.25) is 9.08 Å². The standard InChI is InChI=1S/C14H17NO7S/c16-12-6-10-13(21-12)11(7-15(10)14(17)18)22-23(19,20)8-9-4-2-1-3-5-9/h1-5,10-13,16H,6-8H2,(H,17,18). The van der Waals surface area contributed by atoms with E-state index in [-0.39, 0.29) is 18.7 Å². The van der Waals surface area contributed by atoms with Crippen molar-refractivity contribution in [2.75, 3.05) is 6.54 Å². The van der Waals surface area contributed by atoms with E-state index in [1.165, 1.54) is 0 Å². The van der Waals surface area contributed by atoms with Crippen LogP contribution in [0.25, 0.3) is 0 Å². The Hall–Kier alpha value is -1.68. The Balaban J connectivity index is 1.73. The molecular weight excluding hydrogens is 326 g/mol. The molecule has 1 aromatic rings. The number of rotatable bonds is 4. The SMILES string of the molecule is O=C(O)N1CC(OS(=O)(=O)Cc2ccccc2)C2OC(O)CC21. The molecule has 8 nitrogen and oxygen atoms in total. The lowest BCUT2D eigenvalue weighted by Gasteiger charge is -2.18. The fourth-order valence-electron chi connectivity index (χ4n) is 3.05. The summed E-state index contributed by atoms with van der Waals surface area (Å²) in [5, 5.41) is 18.7. The smallest absolute Gasteiger partial charge is 0.407 e. The van der Waals surface area contributed by atoms with Crippen molar-refractivity contribution in [2.45, 2.75) is 36.7 Å². The number of amides is 1. The molecule has 4 atom stereocenters. The first-order valence-corrected chi connectivity index (χ1v) is 8.71. The molecule has 0 radical (unpaired) electrons. The number of carbonyl (C=O) groups is 1. The second kappa shape index (κ2) is 6.08. The molecule has 1 aromatic carbocycles. The van der Waals surface area contributed by atoms with Crippen molar-refractivity contribution in [3.8, 4) is 0 Å². The van der Waals surface area contributed by atoms with E-state index < -0.39 is 40.8 Å². The van der Waals surface area contributed by atoms with E-state index in [1.807, 2.05) is 0 Å². The molecule has 2 aliphatic rings. The largest absolute Gasteiger partial charge is 0.465 e. The number of benzene rings is 1. The second-order valence-electron chi connectivity index (χ2n) is 5.62. The Bertz CT molecular complexity index is 678. The van der Waals surface area contributed by atoms with Crippen molar-refractivity contribution in [3.63, 3.8) is 0 Å². The van der Waals surface area contributed by atoms with Gasteiger partial charge in [0.25, 0.3) is 10.1 Å². The monoisotopic (exact) mass is 343 g/mol. The topological polar surface area (TPSA) is 113 Å². The predicted octanol–water partition coefficient (Wildman–Crippen LogP) is 0.371. The summed E-state index contributed by atoms with van der Waals surface area (Å²) in [6, 6.07) is 7.95. The molecule has 23 heavy (non-hydrogen) atoms. The number of hydrogen-bond donors (Lipinski definition) is 2. The van der Waals surface area contributed by atoms with Crippen LogP contribution in [0.1, 0.15) is 12.0 Å². The highest BCUT2D eigenvalue weighted by atomic mass is 32.2. The Morgan fingerprint density at radius 2 is 2.04 bits per heavy atom. The van der Waals surface area contributed by atoms with E-state index in [4.69, 9.17) is 8.92 Å². The minimum absolute atomic E-state index is 0.106. The van der Waals surface area contributed by atoms with Crippen LogP contribution in [-0.2, 0) is 24.8 Å². The van der Waals surface area contributed by atoms with Gasteiger partial charge in [0.2, 0.25) is 0 Å². The van der Waals surface area contributed by atoms with Gasteiger partial charge in [0.05, 0.1) is 12.6 Å². The first-order chi connectivity index (χ1) is 10.9. The van der Waals surface area contributed by atoms with Crippen LogP contribution >= 0.6 is 0 Å². The Morgan fingerprint density at radius 1 is 1.35 bits per heavy atom. The third-order valence-electron chi connectivity index (χ3n) is 3.98.